The number of hydrogen-bond acceptors (Lipinski definition) is 4. The minimum atomic E-state index is -0.325. The Labute approximate surface area is 39.1 Å². The van der Waals surface area contributed by atoms with Crippen molar-refractivity contribution in [3.63, 3.8) is 0 Å². The van der Waals surface area contributed by atoms with E-state index in [1.54, 1.807) is 0 Å². The zero-order valence-electron chi connectivity index (χ0n) is 3.37. The van der Waals surface area contributed by atoms with Gasteiger partial charge in [0, 0.05) is 5.04 Å². The molecule has 0 aromatic rings. The molecule has 6 nitrogen and oxygen atoms in total. The van der Waals surface area contributed by atoms with Crippen LogP contribution in [0.2, 0.25) is 0 Å². The van der Waals surface area contributed by atoms with E-state index in [0.29, 0.717) is 0 Å². The molecule has 0 atom stereocenters. The summed E-state index contributed by atoms with van der Waals surface area (Å²) in [7, 11) is 0. The SMILES string of the molecule is NC(N)=NOOO. The third kappa shape index (κ3) is 4.99. The molecule has 0 aliphatic heterocycles. The van der Waals surface area contributed by atoms with Gasteiger partial charge in [0.15, 0.2) is 0 Å². The van der Waals surface area contributed by atoms with Gasteiger partial charge in [-0.05, 0) is 5.16 Å². The third-order valence-corrected chi connectivity index (χ3v) is 0.176. The molecule has 0 aliphatic rings. The number of hydrogen-bond donors (Lipinski definition) is 3. The maximum absolute atomic E-state index is 7.37. The predicted molar refractivity (Wildman–Crippen MR) is 20.6 cm³/mol. The van der Waals surface area contributed by atoms with Crippen molar-refractivity contribution in [1.82, 2.24) is 0 Å². The van der Waals surface area contributed by atoms with Crippen molar-refractivity contribution in [3.8, 4) is 0 Å². The van der Waals surface area contributed by atoms with Gasteiger partial charge in [0.2, 0.25) is 5.96 Å². The average molecular weight is 107 g/mol. The van der Waals surface area contributed by atoms with E-state index in [2.05, 4.69) is 15.2 Å². The first kappa shape index (κ1) is 5.99. The Kier molecular flexibility index (Phi) is 2.73. The topological polar surface area (TPSA) is 103 Å². The normalized spacial score (nSPS) is 7.57. The molecule has 42 valence electrons. The first-order chi connectivity index (χ1) is 3.27. The molecule has 0 saturated carbocycles. The summed E-state index contributed by atoms with van der Waals surface area (Å²) in [6.07, 6.45) is 0. The predicted octanol–water partition coefficient (Wildman–Crippen LogP) is -1.40. The van der Waals surface area contributed by atoms with Gasteiger partial charge in [0.25, 0.3) is 0 Å². The van der Waals surface area contributed by atoms with Crippen LogP contribution in [0, 0.1) is 0 Å². The van der Waals surface area contributed by atoms with E-state index in [1.165, 1.54) is 0 Å². The lowest BCUT2D eigenvalue weighted by Crippen LogP contribution is -2.22. The number of oxime groups is 1. The molecule has 5 N–H and O–H groups in total. The van der Waals surface area contributed by atoms with Crippen LogP contribution < -0.4 is 11.5 Å². The molecule has 0 aromatic carbocycles. The van der Waals surface area contributed by atoms with Gasteiger partial charge in [-0.2, -0.15) is 4.99 Å². The van der Waals surface area contributed by atoms with Crippen LogP contribution in [0.3, 0.4) is 0 Å². The first-order valence-corrected chi connectivity index (χ1v) is 1.33. The van der Waals surface area contributed by atoms with Crippen LogP contribution in [0.4, 0.5) is 0 Å². The number of nitrogens with zero attached hydrogens (tertiary/aromatic N) is 1. The Hall–Kier alpha value is -1.01. The Morgan fingerprint density at radius 3 is 2.29 bits per heavy atom. The minimum Gasteiger partial charge on any atom is -0.367 e. The molecular formula is CH5N3O3. The van der Waals surface area contributed by atoms with Gasteiger partial charge in [-0.3, -0.25) is 0 Å². The lowest BCUT2D eigenvalue weighted by Gasteiger charge is -1.85. The summed E-state index contributed by atoms with van der Waals surface area (Å²) in [5.41, 5.74) is 9.38. The van der Waals surface area contributed by atoms with Gasteiger partial charge in [-0.1, -0.05) is 0 Å². The van der Waals surface area contributed by atoms with Crippen molar-refractivity contribution in [2.45, 2.75) is 0 Å². The molecule has 7 heavy (non-hydrogen) atoms. The molecule has 0 spiro atoms. The van der Waals surface area contributed by atoms with Crippen molar-refractivity contribution in [2.24, 2.45) is 16.6 Å². The van der Waals surface area contributed by atoms with Crippen molar-refractivity contribution < 1.29 is 15.3 Å². The fourth-order valence-electron chi connectivity index (χ4n) is 0.0597. The fraction of sp³-hybridized carbons (Fsp3) is 0. The second-order valence-electron chi connectivity index (χ2n) is 0.665. The molecule has 0 rings (SSSR count). The van der Waals surface area contributed by atoms with E-state index in [1.807, 2.05) is 0 Å². The largest absolute Gasteiger partial charge is 0.367 e. The van der Waals surface area contributed by atoms with Gasteiger partial charge in [-0.25, -0.2) is 5.26 Å². The van der Waals surface area contributed by atoms with E-state index < -0.39 is 0 Å². The number of nitrogens with two attached hydrogens (primary N) is 2. The highest BCUT2D eigenvalue weighted by molar-refractivity contribution is 5.74. The summed E-state index contributed by atoms with van der Waals surface area (Å²) in [6.45, 7) is 0. The van der Waals surface area contributed by atoms with Crippen molar-refractivity contribution >= 4 is 5.96 Å². The molecule has 0 aromatic heterocycles. The summed E-state index contributed by atoms with van der Waals surface area (Å²) in [5, 5.41) is 13.1. The molecule has 6 heteroatoms. The summed E-state index contributed by atoms with van der Waals surface area (Å²) in [6, 6.07) is 0. The molecule has 0 fully saturated rings. The van der Waals surface area contributed by atoms with Crippen molar-refractivity contribution in [1.29, 1.82) is 0 Å². The van der Waals surface area contributed by atoms with E-state index in [9.17, 15) is 0 Å². The molecule has 0 saturated heterocycles. The quantitative estimate of drug-likeness (QED) is 0.174. The standard InChI is InChI=1S/CH5N3O3/c2-1(3)4-6-7-5/h5H,(H4,2,3,4). The summed E-state index contributed by atoms with van der Waals surface area (Å²) < 4.78 is 0. The highest BCUT2D eigenvalue weighted by Crippen LogP contribution is 1.68. The summed E-state index contributed by atoms with van der Waals surface area (Å²) >= 11 is 0. The van der Waals surface area contributed by atoms with Crippen molar-refractivity contribution in [3.05, 3.63) is 0 Å². The molecular weight excluding hydrogens is 102 g/mol. The second-order valence-corrected chi connectivity index (χ2v) is 0.665. The molecule has 0 radical (unpaired) electrons. The van der Waals surface area contributed by atoms with Gasteiger partial charge < -0.3 is 11.5 Å². The Morgan fingerprint density at radius 2 is 2.14 bits per heavy atom. The van der Waals surface area contributed by atoms with Gasteiger partial charge >= 0.3 is 0 Å². The molecule has 0 bridgehead atoms. The van der Waals surface area contributed by atoms with E-state index in [0.717, 1.165) is 0 Å². The molecule has 0 unspecified atom stereocenters. The second kappa shape index (κ2) is 3.19. The molecule has 0 amide bonds. The van der Waals surface area contributed by atoms with E-state index >= 15 is 0 Å². The monoisotopic (exact) mass is 107 g/mol. The zero-order chi connectivity index (χ0) is 5.70. The van der Waals surface area contributed by atoms with Crippen LogP contribution in [-0.2, 0) is 10.0 Å². The zero-order valence-corrected chi connectivity index (χ0v) is 3.37. The Balaban J connectivity index is 3.08. The van der Waals surface area contributed by atoms with Gasteiger partial charge in [-0.15, -0.1) is 0 Å². The maximum Gasteiger partial charge on any atom is 0.232 e. The van der Waals surface area contributed by atoms with Gasteiger partial charge in [0.1, 0.15) is 0 Å². The lowest BCUT2D eigenvalue weighted by atomic mass is 11.1. The smallest absolute Gasteiger partial charge is 0.232 e. The van der Waals surface area contributed by atoms with Crippen LogP contribution in [0.15, 0.2) is 5.16 Å². The third-order valence-electron chi connectivity index (χ3n) is 0.176. The van der Waals surface area contributed by atoms with Crippen LogP contribution in [-0.4, -0.2) is 11.2 Å². The summed E-state index contributed by atoms with van der Waals surface area (Å²) in [5.74, 6) is -0.325. The number of guanidine groups is 1. The minimum absolute atomic E-state index is 0.325. The highest BCUT2D eigenvalue weighted by Gasteiger charge is 1.75. The van der Waals surface area contributed by atoms with Crippen LogP contribution in [0.25, 0.3) is 0 Å². The van der Waals surface area contributed by atoms with Crippen LogP contribution in [0.1, 0.15) is 0 Å². The van der Waals surface area contributed by atoms with Crippen LogP contribution in [0.5, 0.6) is 0 Å². The first-order valence-electron chi connectivity index (χ1n) is 1.33. The van der Waals surface area contributed by atoms with Crippen molar-refractivity contribution in [2.75, 3.05) is 0 Å². The Morgan fingerprint density at radius 1 is 1.57 bits per heavy atom. The Bertz CT molecular complexity index is 66.6. The van der Waals surface area contributed by atoms with E-state index in [-0.39, 0.29) is 5.96 Å². The molecule has 0 aliphatic carbocycles. The maximum atomic E-state index is 7.37. The van der Waals surface area contributed by atoms with Crippen LogP contribution >= 0.6 is 0 Å². The average Bonchev–Trinajstić information content (AvgIpc) is 1.61. The summed E-state index contributed by atoms with van der Waals surface area (Å²) in [4.78, 5) is 3.49. The highest BCUT2D eigenvalue weighted by atomic mass is 17.5. The number of rotatable bonds is 2. The molecule has 0 heterocycles. The lowest BCUT2D eigenvalue weighted by molar-refractivity contribution is -0.492. The fourth-order valence-corrected chi connectivity index (χ4v) is 0.0597. The van der Waals surface area contributed by atoms with E-state index in [4.69, 9.17) is 16.7 Å². The van der Waals surface area contributed by atoms with Gasteiger partial charge in [0.05, 0.1) is 0 Å².